The molecule has 0 unspecified atom stereocenters. The van der Waals surface area contributed by atoms with E-state index >= 15 is 0 Å². The van der Waals surface area contributed by atoms with Crippen LogP contribution >= 0.6 is 40.2 Å². The van der Waals surface area contributed by atoms with Crippen molar-refractivity contribution in [2.24, 2.45) is 10.7 Å². The summed E-state index contributed by atoms with van der Waals surface area (Å²) in [5.74, 6) is -0.817. The van der Waals surface area contributed by atoms with Crippen molar-refractivity contribution >= 4 is 57.8 Å². The van der Waals surface area contributed by atoms with Gasteiger partial charge < -0.3 is 15.7 Å². The largest absolute Gasteiger partial charge is 0.480 e. The molecule has 0 aromatic heterocycles. The van der Waals surface area contributed by atoms with Gasteiger partial charge in [0.05, 0.1) is 22.3 Å². The number of rotatable bonds is 2. The highest BCUT2D eigenvalue weighted by Crippen LogP contribution is 2.36. The van der Waals surface area contributed by atoms with Crippen LogP contribution < -0.4 is 5.73 Å². The van der Waals surface area contributed by atoms with Crippen LogP contribution in [0.3, 0.4) is 0 Å². The maximum Gasteiger partial charge on any atom is 0.323 e. The Morgan fingerprint density at radius 1 is 1.50 bits per heavy atom. The second-order valence-electron chi connectivity index (χ2n) is 3.58. The molecule has 3 N–H and O–H groups in total. The lowest BCUT2D eigenvalue weighted by Crippen LogP contribution is -2.41. The molecule has 1 heterocycles. The van der Waals surface area contributed by atoms with E-state index in [9.17, 15) is 4.79 Å². The number of hydrogen-bond donors (Lipinski definition) is 2. The number of fused-ring (bicyclic) bond motifs is 1. The van der Waals surface area contributed by atoms with Crippen molar-refractivity contribution < 1.29 is 9.90 Å². The highest BCUT2D eigenvalue weighted by Gasteiger charge is 2.22. The first kappa shape index (κ1) is 15.1. The summed E-state index contributed by atoms with van der Waals surface area (Å²) < 4.78 is 0. The molecule has 0 saturated heterocycles. The van der Waals surface area contributed by atoms with Gasteiger partial charge in [0.15, 0.2) is 5.96 Å². The Labute approximate surface area is 124 Å². The maximum absolute atomic E-state index is 10.7. The van der Waals surface area contributed by atoms with Crippen LogP contribution in [0.4, 0.5) is 5.69 Å². The summed E-state index contributed by atoms with van der Waals surface area (Å²) in [6, 6.07) is 3.33. The van der Waals surface area contributed by atoms with E-state index in [2.05, 4.69) is 4.99 Å². The lowest BCUT2D eigenvalue weighted by molar-refractivity contribution is -0.137. The lowest BCUT2D eigenvalue weighted by atomic mass is 10.1. The Morgan fingerprint density at radius 3 is 2.78 bits per heavy atom. The number of carboxylic acid groups (broad SMARTS) is 1. The van der Waals surface area contributed by atoms with Gasteiger partial charge in [0.2, 0.25) is 0 Å². The molecule has 1 aromatic carbocycles. The summed E-state index contributed by atoms with van der Waals surface area (Å²) in [5.41, 5.74) is 6.98. The van der Waals surface area contributed by atoms with Gasteiger partial charge in [-0.3, -0.25) is 4.79 Å². The number of carbonyl (C=O) groups is 1. The Morgan fingerprint density at radius 2 is 2.17 bits per heavy atom. The van der Waals surface area contributed by atoms with Gasteiger partial charge in [-0.05, 0) is 12.1 Å². The van der Waals surface area contributed by atoms with Crippen molar-refractivity contribution in [3.63, 3.8) is 0 Å². The zero-order valence-electron chi connectivity index (χ0n) is 9.06. The third kappa shape index (κ3) is 2.88. The number of aliphatic carboxylic acids is 1. The first-order chi connectivity index (χ1) is 7.99. The summed E-state index contributed by atoms with van der Waals surface area (Å²) >= 11 is 11.9. The molecular formula is C10H10BrCl2N3O2. The SMILES string of the molecule is Br.NC1=Nc2ccc(Cl)c(Cl)c2CN1CC(=O)O. The minimum absolute atomic E-state index is 0. The van der Waals surface area contributed by atoms with E-state index in [0.717, 1.165) is 0 Å². The normalized spacial score (nSPS) is 13.4. The molecular weight excluding hydrogens is 345 g/mol. The van der Waals surface area contributed by atoms with Crippen LogP contribution in [0.2, 0.25) is 10.0 Å². The molecule has 18 heavy (non-hydrogen) atoms. The minimum atomic E-state index is -0.982. The third-order valence-corrected chi connectivity index (χ3v) is 3.25. The first-order valence-corrected chi connectivity index (χ1v) is 5.52. The van der Waals surface area contributed by atoms with Crippen LogP contribution in [-0.2, 0) is 11.3 Å². The number of hydrogen-bond acceptors (Lipinski definition) is 4. The van der Waals surface area contributed by atoms with Gasteiger partial charge in [0, 0.05) is 5.56 Å². The van der Waals surface area contributed by atoms with E-state index in [0.29, 0.717) is 21.3 Å². The molecule has 0 aliphatic carbocycles. The van der Waals surface area contributed by atoms with Gasteiger partial charge in [0.1, 0.15) is 6.54 Å². The Kier molecular flexibility index (Phi) is 4.84. The van der Waals surface area contributed by atoms with Crippen LogP contribution in [0.15, 0.2) is 17.1 Å². The summed E-state index contributed by atoms with van der Waals surface area (Å²) in [7, 11) is 0. The summed E-state index contributed by atoms with van der Waals surface area (Å²) in [6.07, 6.45) is 0. The van der Waals surface area contributed by atoms with Gasteiger partial charge >= 0.3 is 5.97 Å². The van der Waals surface area contributed by atoms with Crippen LogP contribution in [0.25, 0.3) is 0 Å². The van der Waals surface area contributed by atoms with E-state index < -0.39 is 5.97 Å². The number of halogens is 3. The molecule has 1 aromatic rings. The molecule has 1 aliphatic rings. The topological polar surface area (TPSA) is 78.9 Å². The zero-order valence-corrected chi connectivity index (χ0v) is 12.3. The van der Waals surface area contributed by atoms with Gasteiger partial charge in [-0.1, -0.05) is 23.2 Å². The van der Waals surface area contributed by atoms with E-state index in [1.165, 1.54) is 4.90 Å². The number of nitrogens with two attached hydrogens (primary N) is 1. The number of benzene rings is 1. The average molecular weight is 355 g/mol. The Hall–Kier alpha value is -0.980. The van der Waals surface area contributed by atoms with Gasteiger partial charge in [-0.2, -0.15) is 0 Å². The minimum Gasteiger partial charge on any atom is -0.480 e. The van der Waals surface area contributed by atoms with Gasteiger partial charge in [-0.15, -0.1) is 17.0 Å². The number of carboxylic acids is 1. The van der Waals surface area contributed by atoms with Crippen LogP contribution in [0, 0.1) is 0 Å². The summed E-state index contributed by atoms with van der Waals surface area (Å²) in [4.78, 5) is 16.2. The van der Waals surface area contributed by atoms with Crippen LogP contribution in [0.5, 0.6) is 0 Å². The molecule has 0 saturated carbocycles. The molecule has 98 valence electrons. The third-order valence-electron chi connectivity index (χ3n) is 2.41. The van der Waals surface area contributed by atoms with Crippen molar-refractivity contribution in [3.8, 4) is 0 Å². The van der Waals surface area contributed by atoms with Gasteiger partial charge in [-0.25, -0.2) is 4.99 Å². The highest BCUT2D eigenvalue weighted by atomic mass is 79.9. The molecule has 1 aliphatic heterocycles. The van der Waals surface area contributed by atoms with E-state index in [-0.39, 0.29) is 36.0 Å². The van der Waals surface area contributed by atoms with Crippen molar-refractivity contribution in [1.82, 2.24) is 4.90 Å². The molecule has 0 radical (unpaired) electrons. The van der Waals surface area contributed by atoms with Crippen molar-refractivity contribution in [3.05, 3.63) is 27.7 Å². The van der Waals surface area contributed by atoms with Crippen molar-refractivity contribution in [1.29, 1.82) is 0 Å². The van der Waals surface area contributed by atoms with E-state index in [4.69, 9.17) is 34.0 Å². The monoisotopic (exact) mass is 353 g/mol. The smallest absolute Gasteiger partial charge is 0.323 e. The van der Waals surface area contributed by atoms with E-state index in [1.807, 2.05) is 0 Å². The Balaban J connectivity index is 0.00000162. The highest BCUT2D eigenvalue weighted by molar-refractivity contribution is 8.93. The number of guanidine groups is 1. The van der Waals surface area contributed by atoms with E-state index in [1.54, 1.807) is 12.1 Å². The number of aliphatic imine (C=N–C) groups is 1. The fraction of sp³-hybridized carbons (Fsp3) is 0.200. The lowest BCUT2D eigenvalue weighted by Gasteiger charge is -2.27. The van der Waals surface area contributed by atoms with Crippen molar-refractivity contribution in [2.75, 3.05) is 6.54 Å². The molecule has 0 spiro atoms. The average Bonchev–Trinajstić information content (AvgIpc) is 2.25. The van der Waals surface area contributed by atoms with Crippen LogP contribution in [0.1, 0.15) is 5.56 Å². The molecule has 0 fully saturated rings. The second-order valence-corrected chi connectivity index (χ2v) is 4.36. The van der Waals surface area contributed by atoms with Gasteiger partial charge in [0.25, 0.3) is 0 Å². The zero-order chi connectivity index (χ0) is 12.6. The van der Waals surface area contributed by atoms with Crippen LogP contribution in [-0.4, -0.2) is 28.5 Å². The molecule has 0 bridgehead atoms. The molecule has 8 heteroatoms. The Bertz CT molecular complexity index is 522. The molecule has 0 atom stereocenters. The maximum atomic E-state index is 10.7. The molecule has 5 nitrogen and oxygen atoms in total. The molecule has 0 amide bonds. The molecule has 2 rings (SSSR count). The quantitative estimate of drug-likeness (QED) is 0.854. The second kappa shape index (κ2) is 5.77. The fourth-order valence-corrected chi connectivity index (χ4v) is 2.00. The predicted octanol–water partition coefficient (Wildman–Crippen LogP) is 2.42. The number of nitrogens with zero attached hydrogens (tertiary/aromatic N) is 2. The summed E-state index contributed by atoms with van der Waals surface area (Å²) in [6.45, 7) is 0.0635. The summed E-state index contributed by atoms with van der Waals surface area (Å²) in [5, 5.41) is 9.54. The fourth-order valence-electron chi connectivity index (χ4n) is 1.60. The standard InChI is InChI=1S/C10H9Cl2N3O2.BrH/c11-6-1-2-7-5(9(6)12)3-15(4-8(16)17)10(13)14-7;/h1-2H,3-4H2,(H2,13,14)(H,16,17);1H. The predicted molar refractivity (Wildman–Crippen MR) is 76.1 cm³/mol. The van der Waals surface area contributed by atoms with Crippen molar-refractivity contribution in [2.45, 2.75) is 6.54 Å². The first-order valence-electron chi connectivity index (χ1n) is 4.77.